The molecule has 1 aromatic carbocycles. The van der Waals surface area contributed by atoms with Crippen LogP contribution in [0.5, 0.6) is 0 Å². The number of thiophene rings is 1. The van der Waals surface area contributed by atoms with Crippen molar-refractivity contribution in [1.82, 2.24) is 10.2 Å². The summed E-state index contributed by atoms with van der Waals surface area (Å²) in [6.45, 7) is 7.91. The van der Waals surface area contributed by atoms with E-state index >= 15 is 0 Å². The van der Waals surface area contributed by atoms with Crippen molar-refractivity contribution < 1.29 is 9.18 Å². The Morgan fingerprint density at radius 3 is 2.69 bits per heavy atom. The number of carbonyl (C=O) groups excluding carboxylic acids is 1. The molecule has 0 aliphatic carbocycles. The number of nitriles is 1. The van der Waals surface area contributed by atoms with Crippen LogP contribution in [0.1, 0.15) is 36.6 Å². The van der Waals surface area contributed by atoms with Crippen LogP contribution in [-0.2, 0) is 0 Å². The van der Waals surface area contributed by atoms with Gasteiger partial charge >= 0.3 is 6.03 Å². The van der Waals surface area contributed by atoms with Gasteiger partial charge in [-0.25, -0.2) is 9.18 Å². The lowest BCUT2D eigenvalue weighted by atomic mass is 10.1. The standard InChI is InChI=1S/C19H23FN4OS/c1-4-24(5-2)18(15-6-7-26-12-15)11-22-19(25)23-17-9-14(10-21)8-16(20)13(17)3/h6-9,12,18H,4-5,11H2,1-3H3,(H2,22,23,25). The third-order valence-corrected chi connectivity index (χ3v) is 5.06. The predicted octanol–water partition coefficient (Wildman–Crippen LogP) is 4.27. The molecule has 0 saturated heterocycles. The van der Waals surface area contributed by atoms with Crippen LogP contribution >= 0.6 is 11.3 Å². The fourth-order valence-electron chi connectivity index (χ4n) is 2.82. The lowest BCUT2D eigenvalue weighted by Gasteiger charge is -2.29. The number of hydrogen-bond acceptors (Lipinski definition) is 4. The van der Waals surface area contributed by atoms with Gasteiger partial charge in [0.25, 0.3) is 0 Å². The summed E-state index contributed by atoms with van der Waals surface area (Å²) in [7, 11) is 0. The number of benzene rings is 1. The highest BCUT2D eigenvalue weighted by Gasteiger charge is 2.19. The molecular formula is C19H23FN4OS. The Hall–Kier alpha value is -2.43. The van der Waals surface area contributed by atoms with Crippen molar-refractivity contribution in [3.8, 4) is 6.07 Å². The number of nitrogens with one attached hydrogen (secondary N) is 2. The normalized spacial score (nSPS) is 11.8. The zero-order valence-corrected chi connectivity index (χ0v) is 16.0. The second kappa shape index (κ2) is 9.32. The van der Waals surface area contributed by atoms with Gasteiger partial charge in [0.2, 0.25) is 0 Å². The first-order chi connectivity index (χ1) is 12.5. The van der Waals surface area contributed by atoms with E-state index in [1.807, 2.05) is 11.4 Å². The van der Waals surface area contributed by atoms with Gasteiger partial charge in [0.1, 0.15) is 5.82 Å². The van der Waals surface area contributed by atoms with Gasteiger partial charge in [-0.05, 0) is 54.5 Å². The number of halogens is 1. The molecule has 2 rings (SSSR count). The minimum absolute atomic E-state index is 0.0743. The zero-order valence-electron chi connectivity index (χ0n) is 15.2. The van der Waals surface area contributed by atoms with E-state index in [4.69, 9.17) is 5.26 Å². The molecule has 0 saturated carbocycles. The SMILES string of the molecule is CCN(CC)C(CNC(=O)Nc1cc(C#N)cc(F)c1C)c1ccsc1. The molecule has 0 bridgehead atoms. The monoisotopic (exact) mass is 374 g/mol. The van der Waals surface area contributed by atoms with Crippen molar-refractivity contribution in [1.29, 1.82) is 5.26 Å². The summed E-state index contributed by atoms with van der Waals surface area (Å²) in [4.78, 5) is 14.6. The molecule has 2 amide bonds. The minimum atomic E-state index is -0.515. The van der Waals surface area contributed by atoms with Crippen LogP contribution in [0.25, 0.3) is 0 Å². The molecule has 2 N–H and O–H groups in total. The quantitative estimate of drug-likeness (QED) is 0.760. The average molecular weight is 374 g/mol. The maximum Gasteiger partial charge on any atom is 0.319 e. The van der Waals surface area contributed by atoms with E-state index < -0.39 is 11.8 Å². The molecule has 5 nitrogen and oxygen atoms in total. The second-order valence-corrected chi connectivity index (χ2v) is 6.65. The topological polar surface area (TPSA) is 68.2 Å². The smallest absolute Gasteiger partial charge is 0.319 e. The van der Waals surface area contributed by atoms with Crippen LogP contribution < -0.4 is 10.6 Å². The van der Waals surface area contributed by atoms with Gasteiger partial charge in [0, 0.05) is 17.8 Å². The molecule has 7 heteroatoms. The number of likely N-dealkylation sites (N-methyl/N-ethyl adjacent to an activating group) is 1. The van der Waals surface area contributed by atoms with Crippen LogP contribution in [0.4, 0.5) is 14.9 Å². The number of anilines is 1. The van der Waals surface area contributed by atoms with E-state index in [1.54, 1.807) is 18.3 Å². The highest BCUT2D eigenvalue weighted by Crippen LogP contribution is 2.23. The highest BCUT2D eigenvalue weighted by molar-refractivity contribution is 7.07. The van der Waals surface area contributed by atoms with Crippen molar-refractivity contribution >= 4 is 23.1 Å². The van der Waals surface area contributed by atoms with E-state index in [2.05, 4.69) is 40.8 Å². The van der Waals surface area contributed by atoms with Crippen molar-refractivity contribution in [2.75, 3.05) is 25.0 Å². The Balaban J connectivity index is 2.07. The summed E-state index contributed by atoms with van der Waals surface area (Å²) < 4.78 is 13.8. The Kier molecular flexibility index (Phi) is 7.13. The third-order valence-electron chi connectivity index (χ3n) is 4.36. The fourth-order valence-corrected chi connectivity index (χ4v) is 3.52. The zero-order chi connectivity index (χ0) is 19.1. The number of rotatable bonds is 7. The number of carbonyl (C=O) groups is 1. The molecule has 0 aliphatic rings. The van der Waals surface area contributed by atoms with E-state index in [0.29, 0.717) is 17.8 Å². The van der Waals surface area contributed by atoms with Crippen LogP contribution in [0, 0.1) is 24.1 Å². The van der Waals surface area contributed by atoms with Gasteiger partial charge in [-0.1, -0.05) is 13.8 Å². The summed E-state index contributed by atoms with van der Waals surface area (Å²) in [6.07, 6.45) is 0. The maximum absolute atomic E-state index is 13.8. The van der Waals surface area contributed by atoms with Gasteiger partial charge in [0.15, 0.2) is 0 Å². The van der Waals surface area contributed by atoms with E-state index in [0.717, 1.165) is 24.7 Å². The second-order valence-electron chi connectivity index (χ2n) is 5.87. The fraction of sp³-hybridized carbons (Fsp3) is 0.368. The Labute approximate surface area is 157 Å². The molecule has 138 valence electrons. The number of amides is 2. The molecule has 1 atom stereocenters. The summed E-state index contributed by atoms with van der Waals surface area (Å²) in [5.41, 5.74) is 1.93. The van der Waals surface area contributed by atoms with Crippen molar-refractivity contribution in [2.45, 2.75) is 26.8 Å². The predicted molar refractivity (Wildman–Crippen MR) is 103 cm³/mol. The van der Waals surface area contributed by atoms with E-state index in [9.17, 15) is 9.18 Å². The van der Waals surface area contributed by atoms with Gasteiger partial charge in [-0.15, -0.1) is 0 Å². The Morgan fingerprint density at radius 2 is 2.12 bits per heavy atom. The number of nitrogens with zero attached hydrogens (tertiary/aromatic N) is 2. The van der Waals surface area contributed by atoms with Crippen molar-refractivity contribution in [3.05, 3.63) is 51.5 Å². The van der Waals surface area contributed by atoms with Crippen LogP contribution in [0.2, 0.25) is 0 Å². The highest BCUT2D eigenvalue weighted by atomic mass is 32.1. The molecule has 0 aliphatic heterocycles. The first-order valence-electron chi connectivity index (χ1n) is 8.51. The molecule has 1 heterocycles. The lowest BCUT2D eigenvalue weighted by Crippen LogP contribution is -2.39. The van der Waals surface area contributed by atoms with E-state index in [-0.39, 0.29) is 11.6 Å². The van der Waals surface area contributed by atoms with Crippen molar-refractivity contribution in [2.24, 2.45) is 0 Å². The molecule has 26 heavy (non-hydrogen) atoms. The van der Waals surface area contributed by atoms with Gasteiger partial charge < -0.3 is 10.6 Å². The average Bonchev–Trinajstić information content (AvgIpc) is 3.16. The summed E-state index contributed by atoms with van der Waals surface area (Å²) in [5, 5.41) is 18.6. The summed E-state index contributed by atoms with van der Waals surface area (Å²) >= 11 is 1.62. The molecule has 1 unspecified atom stereocenters. The molecular weight excluding hydrogens is 351 g/mol. The van der Waals surface area contributed by atoms with Crippen LogP contribution in [0.3, 0.4) is 0 Å². The van der Waals surface area contributed by atoms with Gasteiger partial charge in [-0.3, -0.25) is 4.90 Å². The summed E-state index contributed by atoms with van der Waals surface area (Å²) in [6, 6.07) is 6.23. The minimum Gasteiger partial charge on any atom is -0.336 e. The van der Waals surface area contributed by atoms with Gasteiger partial charge in [-0.2, -0.15) is 16.6 Å². The molecule has 0 fully saturated rings. The molecule has 0 radical (unpaired) electrons. The van der Waals surface area contributed by atoms with E-state index in [1.165, 1.54) is 6.07 Å². The third kappa shape index (κ3) is 4.81. The Bertz CT molecular complexity index is 782. The summed E-state index contributed by atoms with van der Waals surface area (Å²) in [5.74, 6) is -0.515. The molecule has 1 aromatic heterocycles. The Morgan fingerprint density at radius 1 is 1.38 bits per heavy atom. The van der Waals surface area contributed by atoms with Crippen LogP contribution in [-0.4, -0.2) is 30.6 Å². The lowest BCUT2D eigenvalue weighted by molar-refractivity contribution is 0.210. The largest absolute Gasteiger partial charge is 0.336 e. The number of urea groups is 1. The van der Waals surface area contributed by atoms with Gasteiger partial charge in [0.05, 0.1) is 17.7 Å². The first kappa shape index (κ1) is 19.9. The van der Waals surface area contributed by atoms with Crippen molar-refractivity contribution in [3.63, 3.8) is 0 Å². The first-order valence-corrected chi connectivity index (χ1v) is 9.45. The number of hydrogen-bond donors (Lipinski definition) is 2. The molecule has 0 spiro atoms. The van der Waals surface area contributed by atoms with Crippen LogP contribution in [0.15, 0.2) is 29.0 Å². The maximum atomic E-state index is 13.8. The molecule has 2 aromatic rings.